The zero-order valence-electron chi connectivity index (χ0n) is 8.48. The molecule has 0 aliphatic heterocycles. The Morgan fingerprint density at radius 2 is 1.82 bits per heavy atom. The predicted octanol–water partition coefficient (Wildman–Crippen LogP) is 2.67. The van der Waals surface area contributed by atoms with Crippen molar-refractivity contribution in [2.45, 2.75) is 40.0 Å². The maximum absolute atomic E-state index is 3.25. The number of hydrogen-bond acceptors (Lipinski definition) is 1. The molecule has 0 saturated carbocycles. The van der Waals surface area contributed by atoms with E-state index >= 15 is 0 Å². The van der Waals surface area contributed by atoms with Gasteiger partial charge in [0.1, 0.15) is 0 Å². The second kappa shape index (κ2) is 6.66. The third-order valence-corrected chi connectivity index (χ3v) is 2.50. The van der Waals surface area contributed by atoms with Crippen molar-refractivity contribution in [2.75, 3.05) is 13.6 Å². The van der Waals surface area contributed by atoms with E-state index in [-0.39, 0.29) is 0 Å². The maximum atomic E-state index is 3.25. The largest absolute Gasteiger partial charge is 0.319 e. The first-order chi connectivity index (χ1) is 5.24. The Morgan fingerprint density at radius 3 is 2.18 bits per heavy atom. The van der Waals surface area contributed by atoms with Gasteiger partial charge in [-0.2, -0.15) is 0 Å². The molecular formula is C10H23N. The van der Waals surface area contributed by atoms with Gasteiger partial charge in [0, 0.05) is 0 Å². The Labute approximate surface area is 71.6 Å². The summed E-state index contributed by atoms with van der Waals surface area (Å²) in [6.07, 6.45) is 4.01. The lowest BCUT2D eigenvalue weighted by molar-refractivity contribution is 0.364. The van der Waals surface area contributed by atoms with E-state index in [0.717, 1.165) is 11.8 Å². The van der Waals surface area contributed by atoms with E-state index in [4.69, 9.17) is 0 Å². The van der Waals surface area contributed by atoms with Gasteiger partial charge >= 0.3 is 0 Å². The van der Waals surface area contributed by atoms with E-state index in [2.05, 4.69) is 26.1 Å². The Balaban J connectivity index is 3.49. The van der Waals surface area contributed by atoms with Gasteiger partial charge in [0.05, 0.1) is 0 Å². The molecule has 0 bridgehead atoms. The Kier molecular flexibility index (Phi) is 6.63. The number of nitrogens with one attached hydrogen (secondary N) is 1. The molecule has 0 amide bonds. The minimum Gasteiger partial charge on any atom is -0.319 e. The SMILES string of the molecule is CCC(C)CC(CC)CNC. The quantitative estimate of drug-likeness (QED) is 0.625. The molecule has 2 atom stereocenters. The highest BCUT2D eigenvalue weighted by Gasteiger charge is 2.08. The highest BCUT2D eigenvalue weighted by Crippen LogP contribution is 2.16. The van der Waals surface area contributed by atoms with Gasteiger partial charge in [-0.1, -0.05) is 33.6 Å². The fraction of sp³-hybridized carbons (Fsp3) is 1.00. The fourth-order valence-electron chi connectivity index (χ4n) is 1.42. The summed E-state index contributed by atoms with van der Waals surface area (Å²) in [6, 6.07) is 0. The molecule has 0 saturated heterocycles. The standard InChI is InChI=1S/C10H23N/c1-5-9(3)7-10(6-2)8-11-4/h9-11H,5-8H2,1-4H3. The summed E-state index contributed by atoms with van der Waals surface area (Å²) in [4.78, 5) is 0. The molecule has 2 unspecified atom stereocenters. The normalized spacial score (nSPS) is 16.4. The summed E-state index contributed by atoms with van der Waals surface area (Å²) in [5.41, 5.74) is 0. The second-order valence-electron chi connectivity index (χ2n) is 3.58. The van der Waals surface area contributed by atoms with Crippen LogP contribution in [0.4, 0.5) is 0 Å². The van der Waals surface area contributed by atoms with Crippen molar-refractivity contribution in [3.63, 3.8) is 0 Å². The van der Waals surface area contributed by atoms with Crippen molar-refractivity contribution in [1.29, 1.82) is 0 Å². The average Bonchev–Trinajstić information content (AvgIpc) is 2.03. The molecule has 0 heterocycles. The van der Waals surface area contributed by atoms with Crippen molar-refractivity contribution in [2.24, 2.45) is 11.8 Å². The van der Waals surface area contributed by atoms with Gasteiger partial charge in [0.2, 0.25) is 0 Å². The number of rotatable bonds is 6. The molecule has 0 aliphatic carbocycles. The summed E-state index contributed by atoms with van der Waals surface area (Å²) in [6.45, 7) is 8.08. The van der Waals surface area contributed by atoms with Gasteiger partial charge in [-0.15, -0.1) is 0 Å². The highest BCUT2D eigenvalue weighted by atomic mass is 14.8. The molecule has 0 rings (SSSR count). The first-order valence-corrected chi connectivity index (χ1v) is 4.89. The van der Waals surface area contributed by atoms with Crippen molar-refractivity contribution in [3.05, 3.63) is 0 Å². The van der Waals surface area contributed by atoms with Gasteiger partial charge in [0.25, 0.3) is 0 Å². The van der Waals surface area contributed by atoms with Gasteiger partial charge in [-0.3, -0.25) is 0 Å². The minimum absolute atomic E-state index is 0.884. The van der Waals surface area contributed by atoms with Gasteiger partial charge < -0.3 is 5.32 Å². The summed E-state index contributed by atoms with van der Waals surface area (Å²) in [5.74, 6) is 1.78. The maximum Gasteiger partial charge on any atom is -0.00235 e. The summed E-state index contributed by atoms with van der Waals surface area (Å²) >= 11 is 0. The van der Waals surface area contributed by atoms with E-state index < -0.39 is 0 Å². The zero-order chi connectivity index (χ0) is 8.69. The van der Waals surface area contributed by atoms with Crippen molar-refractivity contribution < 1.29 is 0 Å². The molecule has 0 aliphatic rings. The molecule has 11 heavy (non-hydrogen) atoms. The van der Waals surface area contributed by atoms with Crippen molar-refractivity contribution >= 4 is 0 Å². The van der Waals surface area contributed by atoms with Crippen LogP contribution in [-0.2, 0) is 0 Å². The molecule has 1 nitrogen and oxygen atoms in total. The molecule has 0 aromatic carbocycles. The summed E-state index contributed by atoms with van der Waals surface area (Å²) in [5, 5.41) is 3.25. The molecule has 0 radical (unpaired) electrons. The molecule has 0 aromatic heterocycles. The van der Waals surface area contributed by atoms with Crippen LogP contribution in [0.3, 0.4) is 0 Å². The molecule has 68 valence electrons. The molecule has 0 spiro atoms. The Morgan fingerprint density at radius 1 is 1.18 bits per heavy atom. The lowest BCUT2D eigenvalue weighted by Crippen LogP contribution is -2.20. The molecule has 1 N–H and O–H groups in total. The van der Waals surface area contributed by atoms with E-state index in [9.17, 15) is 0 Å². The second-order valence-corrected chi connectivity index (χ2v) is 3.58. The smallest absolute Gasteiger partial charge is 0.00235 e. The van der Waals surface area contributed by atoms with Gasteiger partial charge in [0.15, 0.2) is 0 Å². The Bertz CT molecular complexity index is 80.9. The average molecular weight is 157 g/mol. The van der Waals surface area contributed by atoms with E-state index in [1.54, 1.807) is 0 Å². The Hall–Kier alpha value is -0.0400. The van der Waals surface area contributed by atoms with Crippen LogP contribution in [0.2, 0.25) is 0 Å². The summed E-state index contributed by atoms with van der Waals surface area (Å²) in [7, 11) is 2.04. The van der Waals surface area contributed by atoms with Crippen LogP contribution in [0.25, 0.3) is 0 Å². The fourth-order valence-corrected chi connectivity index (χ4v) is 1.42. The topological polar surface area (TPSA) is 12.0 Å². The lowest BCUT2D eigenvalue weighted by Gasteiger charge is -2.17. The van der Waals surface area contributed by atoms with Crippen LogP contribution in [0.1, 0.15) is 40.0 Å². The third-order valence-electron chi connectivity index (χ3n) is 2.50. The zero-order valence-corrected chi connectivity index (χ0v) is 8.48. The molecular weight excluding hydrogens is 134 g/mol. The van der Waals surface area contributed by atoms with Crippen molar-refractivity contribution in [3.8, 4) is 0 Å². The van der Waals surface area contributed by atoms with Gasteiger partial charge in [-0.05, 0) is 31.8 Å². The minimum atomic E-state index is 0.884. The first kappa shape index (κ1) is 11.0. The van der Waals surface area contributed by atoms with E-state index in [0.29, 0.717) is 0 Å². The van der Waals surface area contributed by atoms with E-state index in [1.165, 1.54) is 25.8 Å². The van der Waals surface area contributed by atoms with Crippen LogP contribution >= 0.6 is 0 Å². The summed E-state index contributed by atoms with van der Waals surface area (Å²) < 4.78 is 0. The number of hydrogen-bond donors (Lipinski definition) is 1. The van der Waals surface area contributed by atoms with E-state index in [1.807, 2.05) is 7.05 Å². The van der Waals surface area contributed by atoms with Crippen LogP contribution < -0.4 is 5.32 Å². The first-order valence-electron chi connectivity index (χ1n) is 4.89. The lowest BCUT2D eigenvalue weighted by atomic mass is 9.92. The third kappa shape index (κ3) is 5.25. The van der Waals surface area contributed by atoms with Gasteiger partial charge in [-0.25, -0.2) is 0 Å². The van der Waals surface area contributed by atoms with Crippen LogP contribution in [0.5, 0.6) is 0 Å². The van der Waals surface area contributed by atoms with Crippen LogP contribution in [0, 0.1) is 11.8 Å². The predicted molar refractivity (Wildman–Crippen MR) is 51.8 cm³/mol. The monoisotopic (exact) mass is 157 g/mol. The van der Waals surface area contributed by atoms with Crippen molar-refractivity contribution in [1.82, 2.24) is 5.32 Å². The molecule has 1 heteroatoms. The highest BCUT2D eigenvalue weighted by molar-refractivity contribution is 4.62. The van der Waals surface area contributed by atoms with Crippen LogP contribution in [-0.4, -0.2) is 13.6 Å². The molecule has 0 aromatic rings. The van der Waals surface area contributed by atoms with Crippen LogP contribution in [0.15, 0.2) is 0 Å². The molecule has 0 fully saturated rings.